The predicted octanol–water partition coefficient (Wildman–Crippen LogP) is 7.35. The van der Waals surface area contributed by atoms with E-state index in [4.69, 9.17) is 5.73 Å². The van der Waals surface area contributed by atoms with Crippen molar-refractivity contribution in [3.05, 3.63) is 0 Å². The van der Waals surface area contributed by atoms with Crippen molar-refractivity contribution in [2.45, 2.75) is 123 Å². The van der Waals surface area contributed by atoms with Crippen molar-refractivity contribution in [3.63, 3.8) is 0 Å². The summed E-state index contributed by atoms with van der Waals surface area (Å²) in [7, 11) is 0. The highest BCUT2D eigenvalue weighted by Crippen LogP contribution is 2.13. The molecule has 0 spiro atoms. The van der Waals surface area contributed by atoms with Crippen molar-refractivity contribution in [1.82, 2.24) is 17.6 Å². The third kappa shape index (κ3) is 34.3. The standard InChI is InChI=1S/C21H46N2.2ClH.2H3N/c1-3-4-5-6-7-8-9-10-11-12-13-14-15-16-17-18-19-23-21(2)20-22;;;;/h21,23H,3-20,22H2,1-2H3;2*1H;2*1H3. The van der Waals surface area contributed by atoms with Gasteiger partial charge in [0.2, 0.25) is 0 Å². The van der Waals surface area contributed by atoms with Crippen molar-refractivity contribution in [3.8, 4) is 0 Å². The van der Waals surface area contributed by atoms with Gasteiger partial charge < -0.3 is 23.4 Å². The molecule has 172 valence electrons. The molecule has 6 heteroatoms. The lowest BCUT2D eigenvalue weighted by atomic mass is 10.0. The van der Waals surface area contributed by atoms with Crippen LogP contribution in [0.25, 0.3) is 0 Å². The van der Waals surface area contributed by atoms with Gasteiger partial charge in [-0.1, -0.05) is 103 Å². The summed E-state index contributed by atoms with van der Waals surface area (Å²) in [6.07, 6.45) is 23.0. The first-order valence-electron chi connectivity index (χ1n) is 10.7. The van der Waals surface area contributed by atoms with E-state index in [1.54, 1.807) is 0 Å². The van der Waals surface area contributed by atoms with Gasteiger partial charge >= 0.3 is 0 Å². The molecule has 0 saturated carbocycles. The Morgan fingerprint density at radius 3 is 1.19 bits per heavy atom. The van der Waals surface area contributed by atoms with Crippen LogP contribution in [0.5, 0.6) is 0 Å². The molecular weight excluding hydrogens is 379 g/mol. The third-order valence-electron chi connectivity index (χ3n) is 4.88. The van der Waals surface area contributed by atoms with Crippen LogP contribution in [0, 0.1) is 0 Å². The summed E-state index contributed by atoms with van der Waals surface area (Å²) in [4.78, 5) is 0. The van der Waals surface area contributed by atoms with E-state index < -0.39 is 0 Å². The highest BCUT2D eigenvalue weighted by molar-refractivity contribution is 5.85. The molecule has 0 aliphatic carbocycles. The van der Waals surface area contributed by atoms with Crippen LogP contribution in [0.1, 0.15) is 117 Å². The Bertz CT molecular complexity index is 222. The fourth-order valence-corrected chi connectivity index (χ4v) is 3.10. The fraction of sp³-hybridized carbons (Fsp3) is 1.00. The van der Waals surface area contributed by atoms with E-state index in [9.17, 15) is 0 Å². The van der Waals surface area contributed by atoms with E-state index in [2.05, 4.69) is 19.2 Å². The second kappa shape index (κ2) is 34.0. The molecule has 0 amide bonds. The molecule has 0 radical (unpaired) electrons. The molecule has 1 atom stereocenters. The van der Waals surface area contributed by atoms with Gasteiger partial charge in [0.05, 0.1) is 0 Å². The highest BCUT2D eigenvalue weighted by Gasteiger charge is 1.97. The Hall–Kier alpha value is 0.420. The molecular formula is C21H54Cl2N4. The molecule has 1 unspecified atom stereocenters. The Kier molecular flexibility index (Phi) is 47.9. The molecule has 0 aromatic heterocycles. The number of nitrogens with two attached hydrogens (primary N) is 1. The van der Waals surface area contributed by atoms with Crippen LogP contribution < -0.4 is 23.4 Å². The molecule has 0 saturated heterocycles. The first-order valence-corrected chi connectivity index (χ1v) is 10.7. The summed E-state index contributed by atoms with van der Waals surface area (Å²) in [5, 5.41) is 3.46. The van der Waals surface area contributed by atoms with Crippen LogP contribution in [0.3, 0.4) is 0 Å². The minimum atomic E-state index is 0. The van der Waals surface area contributed by atoms with Gasteiger partial charge in [-0.2, -0.15) is 0 Å². The first kappa shape index (κ1) is 38.1. The highest BCUT2D eigenvalue weighted by atomic mass is 35.5. The van der Waals surface area contributed by atoms with Crippen LogP contribution in [-0.4, -0.2) is 19.1 Å². The molecule has 0 aromatic carbocycles. The van der Waals surface area contributed by atoms with Gasteiger partial charge in [-0.25, -0.2) is 0 Å². The van der Waals surface area contributed by atoms with E-state index in [0.29, 0.717) is 6.04 Å². The van der Waals surface area contributed by atoms with Crippen LogP contribution in [0.4, 0.5) is 0 Å². The molecule has 4 nitrogen and oxygen atoms in total. The van der Waals surface area contributed by atoms with Gasteiger partial charge in [-0.05, 0) is 19.9 Å². The first-order chi connectivity index (χ1) is 11.3. The van der Waals surface area contributed by atoms with Gasteiger partial charge in [0, 0.05) is 12.6 Å². The van der Waals surface area contributed by atoms with E-state index in [1.807, 2.05) is 0 Å². The zero-order valence-corrected chi connectivity index (χ0v) is 20.2. The normalized spacial score (nSPS) is 10.8. The maximum Gasteiger partial charge on any atom is 0.0161 e. The topological polar surface area (TPSA) is 108 Å². The van der Waals surface area contributed by atoms with Crippen molar-refractivity contribution < 1.29 is 0 Å². The molecule has 27 heavy (non-hydrogen) atoms. The lowest BCUT2D eigenvalue weighted by Gasteiger charge is -2.10. The van der Waals surface area contributed by atoms with Crippen molar-refractivity contribution in [1.29, 1.82) is 0 Å². The summed E-state index contributed by atoms with van der Waals surface area (Å²) >= 11 is 0. The Labute approximate surface area is 184 Å². The number of halogens is 2. The molecule has 0 aromatic rings. The zero-order valence-electron chi connectivity index (χ0n) is 18.6. The van der Waals surface area contributed by atoms with E-state index in [-0.39, 0.29) is 37.1 Å². The number of hydrogen-bond donors (Lipinski definition) is 4. The zero-order chi connectivity index (χ0) is 17.0. The Morgan fingerprint density at radius 2 is 0.889 bits per heavy atom. The largest absolute Gasteiger partial charge is 0.344 e. The van der Waals surface area contributed by atoms with Crippen LogP contribution in [0.15, 0.2) is 0 Å². The van der Waals surface area contributed by atoms with Crippen LogP contribution in [-0.2, 0) is 0 Å². The summed E-state index contributed by atoms with van der Waals surface area (Å²) in [5.41, 5.74) is 5.58. The van der Waals surface area contributed by atoms with Crippen molar-refractivity contribution >= 4 is 24.8 Å². The van der Waals surface area contributed by atoms with Gasteiger partial charge in [-0.3, -0.25) is 0 Å². The average molecular weight is 434 g/mol. The molecule has 0 rings (SSSR count). The number of nitrogens with one attached hydrogen (secondary N) is 1. The smallest absolute Gasteiger partial charge is 0.0161 e. The van der Waals surface area contributed by atoms with Gasteiger partial charge in [-0.15, -0.1) is 24.8 Å². The SMILES string of the molecule is CCCCCCCCCCCCCCCCCCNC(C)CN.Cl.Cl.N.N. The second-order valence-corrected chi connectivity index (χ2v) is 7.39. The van der Waals surface area contributed by atoms with Gasteiger partial charge in [0.15, 0.2) is 0 Å². The van der Waals surface area contributed by atoms with Crippen LogP contribution in [0.2, 0.25) is 0 Å². The average Bonchev–Trinajstić information content (AvgIpc) is 2.57. The van der Waals surface area contributed by atoms with E-state index in [0.717, 1.165) is 13.1 Å². The lowest BCUT2D eigenvalue weighted by Crippen LogP contribution is -2.33. The summed E-state index contributed by atoms with van der Waals surface area (Å²) < 4.78 is 0. The summed E-state index contributed by atoms with van der Waals surface area (Å²) in [5.74, 6) is 0. The number of unbranched alkanes of at least 4 members (excludes halogenated alkanes) is 15. The van der Waals surface area contributed by atoms with Crippen LogP contribution >= 0.6 is 24.8 Å². The molecule has 0 fully saturated rings. The third-order valence-corrected chi connectivity index (χ3v) is 4.88. The fourth-order valence-electron chi connectivity index (χ4n) is 3.10. The summed E-state index contributed by atoms with van der Waals surface area (Å²) in [6, 6.07) is 0.478. The molecule has 9 N–H and O–H groups in total. The van der Waals surface area contributed by atoms with Gasteiger partial charge in [0.25, 0.3) is 0 Å². The maximum absolute atomic E-state index is 5.58. The minimum absolute atomic E-state index is 0. The van der Waals surface area contributed by atoms with Crippen molar-refractivity contribution in [2.24, 2.45) is 5.73 Å². The Morgan fingerprint density at radius 1 is 0.593 bits per heavy atom. The maximum atomic E-state index is 5.58. The molecule has 0 aliphatic heterocycles. The lowest BCUT2D eigenvalue weighted by molar-refractivity contribution is 0.507. The van der Waals surface area contributed by atoms with E-state index in [1.165, 1.54) is 103 Å². The minimum Gasteiger partial charge on any atom is -0.344 e. The summed E-state index contributed by atoms with van der Waals surface area (Å²) in [6.45, 7) is 6.34. The quantitative estimate of drug-likeness (QED) is 0.160. The number of hydrogen-bond acceptors (Lipinski definition) is 4. The predicted molar refractivity (Wildman–Crippen MR) is 131 cm³/mol. The van der Waals surface area contributed by atoms with E-state index >= 15 is 0 Å². The molecule has 0 bridgehead atoms. The molecule has 0 aliphatic rings. The second-order valence-electron chi connectivity index (χ2n) is 7.39. The van der Waals surface area contributed by atoms with Crippen molar-refractivity contribution in [2.75, 3.05) is 13.1 Å². The van der Waals surface area contributed by atoms with Gasteiger partial charge in [0.1, 0.15) is 0 Å². The number of rotatable bonds is 19. The Balaban J connectivity index is -0.000000403. The molecule has 0 heterocycles. The monoisotopic (exact) mass is 432 g/mol.